The maximum absolute atomic E-state index is 11.7. The number of anilines is 3. The molecule has 0 fully saturated rings. The second-order valence-electron chi connectivity index (χ2n) is 4.60. The van der Waals surface area contributed by atoms with Crippen LogP contribution in [0, 0.1) is 0 Å². The number of hydrogen-bond donors (Lipinski definition) is 3. The number of nitrogen functional groups attached to an aromatic ring is 1. The average molecular weight is 285 g/mol. The number of nitrogens with two attached hydrogens (primary N) is 1. The fraction of sp³-hybridized carbons (Fsp3) is 0.188. The molecule has 21 heavy (non-hydrogen) atoms. The molecule has 0 bridgehead atoms. The van der Waals surface area contributed by atoms with Crippen LogP contribution in [0.1, 0.15) is 15.9 Å². The van der Waals surface area contributed by atoms with Crippen LogP contribution in [0.4, 0.5) is 17.1 Å². The summed E-state index contributed by atoms with van der Waals surface area (Å²) in [7, 11) is 3.25. The van der Waals surface area contributed by atoms with E-state index in [-0.39, 0.29) is 5.91 Å². The molecular formula is C16H19N3O2. The van der Waals surface area contributed by atoms with Gasteiger partial charge in [0.15, 0.2) is 0 Å². The molecule has 0 atom stereocenters. The van der Waals surface area contributed by atoms with E-state index >= 15 is 0 Å². The minimum atomic E-state index is -0.150. The van der Waals surface area contributed by atoms with Crippen molar-refractivity contribution in [2.24, 2.45) is 0 Å². The molecule has 110 valence electrons. The third kappa shape index (κ3) is 3.52. The lowest BCUT2D eigenvalue weighted by molar-refractivity contribution is 0.0963. The standard InChI is InChI=1S/C16H19N3O2/c1-18-16(20)11-7-8-13(17)15(9-11)19-14-6-4-3-5-12(14)10-21-2/h3-9,19H,10,17H2,1-2H3,(H,18,20). The number of carbonyl (C=O) groups excluding carboxylic acids is 1. The van der Waals surface area contributed by atoms with Crippen LogP contribution < -0.4 is 16.4 Å². The number of amides is 1. The number of benzene rings is 2. The molecule has 5 heteroatoms. The number of ether oxygens (including phenoxy) is 1. The van der Waals surface area contributed by atoms with Gasteiger partial charge in [-0.1, -0.05) is 18.2 Å². The van der Waals surface area contributed by atoms with Crippen LogP contribution in [0.2, 0.25) is 0 Å². The minimum absolute atomic E-state index is 0.150. The van der Waals surface area contributed by atoms with Crippen LogP contribution in [-0.2, 0) is 11.3 Å². The summed E-state index contributed by atoms with van der Waals surface area (Å²) in [6, 6.07) is 12.9. The molecule has 5 nitrogen and oxygen atoms in total. The molecule has 0 aliphatic rings. The highest BCUT2D eigenvalue weighted by Gasteiger charge is 2.08. The first kappa shape index (κ1) is 14.9. The van der Waals surface area contributed by atoms with Crippen molar-refractivity contribution in [2.75, 3.05) is 25.2 Å². The zero-order chi connectivity index (χ0) is 15.2. The Morgan fingerprint density at radius 1 is 1.19 bits per heavy atom. The van der Waals surface area contributed by atoms with Crippen molar-refractivity contribution < 1.29 is 9.53 Å². The third-order valence-corrected chi connectivity index (χ3v) is 3.13. The van der Waals surface area contributed by atoms with Crippen LogP contribution in [0.25, 0.3) is 0 Å². The molecule has 0 aliphatic carbocycles. The Bertz CT molecular complexity index is 641. The Hall–Kier alpha value is -2.53. The van der Waals surface area contributed by atoms with E-state index < -0.39 is 0 Å². The number of hydrogen-bond acceptors (Lipinski definition) is 4. The summed E-state index contributed by atoms with van der Waals surface area (Å²) >= 11 is 0. The SMILES string of the molecule is CNC(=O)c1ccc(N)c(Nc2ccccc2COC)c1. The Morgan fingerprint density at radius 3 is 2.67 bits per heavy atom. The predicted octanol–water partition coefficient (Wildman–Crippen LogP) is 2.52. The van der Waals surface area contributed by atoms with Gasteiger partial charge in [0, 0.05) is 31.0 Å². The fourth-order valence-electron chi connectivity index (χ4n) is 2.02. The molecule has 0 aromatic heterocycles. The van der Waals surface area contributed by atoms with Crippen molar-refractivity contribution in [1.29, 1.82) is 0 Å². The van der Waals surface area contributed by atoms with E-state index in [1.165, 1.54) is 0 Å². The first-order valence-electron chi connectivity index (χ1n) is 6.61. The second kappa shape index (κ2) is 6.76. The highest BCUT2D eigenvalue weighted by atomic mass is 16.5. The van der Waals surface area contributed by atoms with Crippen molar-refractivity contribution in [3.05, 3.63) is 53.6 Å². The van der Waals surface area contributed by atoms with E-state index in [9.17, 15) is 4.79 Å². The molecule has 1 amide bonds. The largest absolute Gasteiger partial charge is 0.397 e. The molecule has 4 N–H and O–H groups in total. The summed E-state index contributed by atoms with van der Waals surface area (Å²) < 4.78 is 5.18. The number of carbonyl (C=O) groups is 1. The lowest BCUT2D eigenvalue weighted by Gasteiger charge is -2.14. The van der Waals surface area contributed by atoms with Gasteiger partial charge in [-0.3, -0.25) is 4.79 Å². The van der Waals surface area contributed by atoms with Crippen LogP contribution in [0.5, 0.6) is 0 Å². The van der Waals surface area contributed by atoms with Crippen molar-refractivity contribution in [3.63, 3.8) is 0 Å². The van der Waals surface area contributed by atoms with Crippen LogP contribution in [0.15, 0.2) is 42.5 Å². The number of rotatable bonds is 5. The maximum atomic E-state index is 11.7. The normalized spacial score (nSPS) is 10.2. The van der Waals surface area contributed by atoms with Crippen molar-refractivity contribution >= 4 is 23.0 Å². The van der Waals surface area contributed by atoms with Gasteiger partial charge in [-0.05, 0) is 24.3 Å². The first-order chi connectivity index (χ1) is 10.2. The molecule has 0 radical (unpaired) electrons. The number of methoxy groups -OCH3 is 1. The van der Waals surface area contributed by atoms with Gasteiger partial charge in [-0.15, -0.1) is 0 Å². The molecule has 2 aromatic carbocycles. The molecule has 2 aromatic rings. The molecule has 2 rings (SSSR count). The van der Waals surface area contributed by atoms with Gasteiger partial charge in [-0.2, -0.15) is 0 Å². The molecule has 0 heterocycles. The molecule has 0 spiro atoms. The molecule has 0 aliphatic heterocycles. The summed E-state index contributed by atoms with van der Waals surface area (Å²) in [4.78, 5) is 11.7. The van der Waals surface area contributed by atoms with Gasteiger partial charge in [-0.25, -0.2) is 0 Å². The molecule has 0 unspecified atom stereocenters. The molecule has 0 saturated heterocycles. The van der Waals surface area contributed by atoms with Gasteiger partial charge < -0.3 is 21.1 Å². The molecular weight excluding hydrogens is 266 g/mol. The summed E-state index contributed by atoms with van der Waals surface area (Å²) in [5, 5.41) is 5.86. The monoisotopic (exact) mass is 285 g/mol. The third-order valence-electron chi connectivity index (χ3n) is 3.13. The lowest BCUT2D eigenvalue weighted by atomic mass is 10.1. The summed E-state index contributed by atoms with van der Waals surface area (Å²) in [5.41, 5.74) is 9.73. The number of para-hydroxylation sites is 1. The van der Waals surface area contributed by atoms with E-state index in [0.717, 1.165) is 11.3 Å². The van der Waals surface area contributed by atoms with E-state index in [2.05, 4.69) is 10.6 Å². The minimum Gasteiger partial charge on any atom is -0.397 e. The van der Waals surface area contributed by atoms with E-state index in [1.807, 2.05) is 24.3 Å². The Balaban J connectivity index is 2.33. The Morgan fingerprint density at radius 2 is 1.95 bits per heavy atom. The van der Waals surface area contributed by atoms with Crippen molar-refractivity contribution in [3.8, 4) is 0 Å². The number of nitrogens with one attached hydrogen (secondary N) is 2. The first-order valence-corrected chi connectivity index (χ1v) is 6.61. The predicted molar refractivity (Wildman–Crippen MR) is 84.7 cm³/mol. The zero-order valence-electron chi connectivity index (χ0n) is 12.1. The van der Waals surface area contributed by atoms with E-state index in [1.54, 1.807) is 32.4 Å². The highest BCUT2D eigenvalue weighted by Crippen LogP contribution is 2.27. The van der Waals surface area contributed by atoms with Crippen LogP contribution in [-0.4, -0.2) is 20.1 Å². The van der Waals surface area contributed by atoms with Crippen molar-refractivity contribution in [1.82, 2.24) is 5.32 Å². The van der Waals surface area contributed by atoms with E-state index in [4.69, 9.17) is 10.5 Å². The van der Waals surface area contributed by atoms with Crippen LogP contribution in [0.3, 0.4) is 0 Å². The quantitative estimate of drug-likeness (QED) is 0.738. The van der Waals surface area contributed by atoms with Gasteiger partial charge in [0.1, 0.15) is 0 Å². The maximum Gasteiger partial charge on any atom is 0.251 e. The smallest absolute Gasteiger partial charge is 0.251 e. The second-order valence-corrected chi connectivity index (χ2v) is 4.60. The Labute approximate surface area is 124 Å². The summed E-state index contributed by atoms with van der Waals surface area (Å²) in [6.07, 6.45) is 0. The highest BCUT2D eigenvalue weighted by molar-refractivity contribution is 5.96. The summed E-state index contributed by atoms with van der Waals surface area (Å²) in [5.74, 6) is -0.150. The van der Waals surface area contributed by atoms with Crippen LogP contribution >= 0.6 is 0 Å². The van der Waals surface area contributed by atoms with Crippen molar-refractivity contribution in [2.45, 2.75) is 6.61 Å². The van der Waals surface area contributed by atoms with Gasteiger partial charge in [0.25, 0.3) is 5.91 Å². The van der Waals surface area contributed by atoms with E-state index in [0.29, 0.717) is 23.5 Å². The Kier molecular flexibility index (Phi) is 4.79. The topological polar surface area (TPSA) is 76.4 Å². The average Bonchev–Trinajstić information content (AvgIpc) is 2.51. The van der Waals surface area contributed by atoms with Gasteiger partial charge >= 0.3 is 0 Å². The van der Waals surface area contributed by atoms with Gasteiger partial charge in [0.05, 0.1) is 18.0 Å². The molecule has 0 saturated carbocycles. The fourth-order valence-corrected chi connectivity index (χ4v) is 2.02. The lowest BCUT2D eigenvalue weighted by Crippen LogP contribution is -2.18. The van der Waals surface area contributed by atoms with Gasteiger partial charge in [0.2, 0.25) is 0 Å². The summed E-state index contributed by atoms with van der Waals surface area (Å²) in [6.45, 7) is 0.498. The zero-order valence-corrected chi connectivity index (χ0v) is 12.1.